The van der Waals surface area contributed by atoms with Crippen molar-refractivity contribution in [3.05, 3.63) is 0 Å². The van der Waals surface area contributed by atoms with Crippen molar-refractivity contribution in [2.75, 3.05) is 26.2 Å². The van der Waals surface area contributed by atoms with Gasteiger partial charge in [0.1, 0.15) is 5.78 Å². The van der Waals surface area contributed by atoms with Crippen molar-refractivity contribution in [1.29, 1.82) is 0 Å². The summed E-state index contributed by atoms with van der Waals surface area (Å²) in [4.78, 5) is 27.3. The van der Waals surface area contributed by atoms with Gasteiger partial charge < -0.3 is 9.64 Å². The molecular formula is C18H29NO3. The number of fused-ring (bicyclic) bond motifs is 2. The molecule has 4 nitrogen and oxygen atoms in total. The van der Waals surface area contributed by atoms with Gasteiger partial charge in [0.05, 0.1) is 12.0 Å². The maximum absolute atomic E-state index is 12.6. The van der Waals surface area contributed by atoms with Crippen LogP contribution in [0.25, 0.3) is 0 Å². The fraction of sp³-hybridized carbons (Fsp3) is 0.889. The summed E-state index contributed by atoms with van der Waals surface area (Å²) >= 11 is 0. The zero-order valence-electron chi connectivity index (χ0n) is 14.0. The molecule has 3 aliphatic rings. The predicted octanol–water partition coefficient (Wildman–Crippen LogP) is 2.80. The lowest BCUT2D eigenvalue weighted by molar-refractivity contribution is -0.163. The van der Waals surface area contributed by atoms with E-state index < -0.39 is 10.8 Å². The molecule has 1 saturated heterocycles. The molecule has 0 amide bonds. The standard InChI is InChI=1S/C18H29NO3/c1-17-8-7-14(13-15(17)20)18(17,2)16(21)22-12-6-11-19-9-4-3-5-10-19/h14H,3-13H2,1-2H3. The fourth-order valence-electron chi connectivity index (χ4n) is 4.82. The van der Waals surface area contributed by atoms with Crippen LogP contribution in [-0.2, 0) is 14.3 Å². The van der Waals surface area contributed by atoms with E-state index in [1.807, 2.05) is 13.8 Å². The Kier molecular flexibility index (Phi) is 4.32. The third-order valence-corrected chi connectivity index (χ3v) is 6.73. The van der Waals surface area contributed by atoms with Gasteiger partial charge in [-0.3, -0.25) is 9.59 Å². The molecule has 3 atom stereocenters. The third-order valence-electron chi connectivity index (χ3n) is 6.73. The minimum absolute atomic E-state index is 0.137. The summed E-state index contributed by atoms with van der Waals surface area (Å²) in [6.45, 7) is 7.80. The Labute approximate surface area is 133 Å². The lowest BCUT2D eigenvalue weighted by Gasteiger charge is -2.34. The quantitative estimate of drug-likeness (QED) is 0.579. The highest BCUT2D eigenvalue weighted by molar-refractivity contribution is 5.97. The van der Waals surface area contributed by atoms with Crippen LogP contribution in [0.5, 0.6) is 0 Å². The largest absolute Gasteiger partial charge is 0.465 e. The summed E-state index contributed by atoms with van der Waals surface area (Å²) in [5.41, 5.74) is -1.07. The lowest BCUT2D eigenvalue weighted by Crippen LogP contribution is -2.43. The highest BCUT2D eigenvalue weighted by Crippen LogP contribution is 2.64. The topological polar surface area (TPSA) is 46.6 Å². The van der Waals surface area contributed by atoms with Crippen molar-refractivity contribution in [2.45, 2.75) is 58.8 Å². The van der Waals surface area contributed by atoms with Gasteiger partial charge in [0.2, 0.25) is 0 Å². The minimum atomic E-state index is -0.588. The molecule has 2 aliphatic carbocycles. The maximum Gasteiger partial charge on any atom is 0.313 e. The molecule has 0 aromatic heterocycles. The molecule has 0 N–H and O–H groups in total. The molecule has 0 aromatic carbocycles. The van der Waals surface area contributed by atoms with Crippen LogP contribution in [0.1, 0.15) is 58.8 Å². The van der Waals surface area contributed by atoms with Crippen molar-refractivity contribution < 1.29 is 14.3 Å². The first-order valence-electron chi connectivity index (χ1n) is 8.91. The first-order chi connectivity index (χ1) is 10.5. The van der Waals surface area contributed by atoms with Crippen LogP contribution >= 0.6 is 0 Å². The second-order valence-electron chi connectivity index (χ2n) is 7.79. The van der Waals surface area contributed by atoms with Crippen LogP contribution in [0.3, 0.4) is 0 Å². The van der Waals surface area contributed by atoms with Gasteiger partial charge in [-0.25, -0.2) is 0 Å². The van der Waals surface area contributed by atoms with Crippen LogP contribution in [-0.4, -0.2) is 42.9 Å². The normalized spacial score (nSPS) is 38.5. The van der Waals surface area contributed by atoms with E-state index in [1.165, 1.54) is 32.4 Å². The van der Waals surface area contributed by atoms with Gasteiger partial charge in [-0.05, 0) is 58.0 Å². The van der Waals surface area contributed by atoms with Crippen LogP contribution in [0, 0.1) is 16.7 Å². The summed E-state index contributed by atoms with van der Waals surface area (Å²) in [5.74, 6) is 0.318. The van der Waals surface area contributed by atoms with E-state index in [0.717, 1.165) is 25.8 Å². The van der Waals surface area contributed by atoms with Gasteiger partial charge >= 0.3 is 5.97 Å². The number of likely N-dealkylation sites (tertiary alicyclic amines) is 1. The van der Waals surface area contributed by atoms with Crippen molar-refractivity contribution in [3.8, 4) is 0 Å². The van der Waals surface area contributed by atoms with Crippen molar-refractivity contribution in [2.24, 2.45) is 16.7 Å². The van der Waals surface area contributed by atoms with Gasteiger partial charge in [0.25, 0.3) is 0 Å². The third kappa shape index (κ3) is 2.40. The van der Waals surface area contributed by atoms with E-state index >= 15 is 0 Å². The Morgan fingerprint density at radius 3 is 2.59 bits per heavy atom. The number of nitrogens with zero attached hydrogens (tertiary/aromatic N) is 1. The van der Waals surface area contributed by atoms with Gasteiger partial charge in [-0.1, -0.05) is 13.3 Å². The Balaban J connectivity index is 1.49. The second kappa shape index (κ2) is 5.95. The average Bonchev–Trinajstić information content (AvgIpc) is 2.89. The highest BCUT2D eigenvalue weighted by atomic mass is 16.5. The molecule has 3 unspecified atom stereocenters. The average molecular weight is 307 g/mol. The summed E-state index contributed by atoms with van der Waals surface area (Å²) in [6, 6.07) is 0. The number of ether oxygens (including phenoxy) is 1. The smallest absolute Gasteiger partial charge is 0.313 e. The van der Waals surface area contributed by atoms with E-state index in [4.69, 9.17) is 4.74 Å². The Bertz CT molecular complexity index is 457. The number of hydrogen-bond donors (Lipinski definition) is 0. The van der Waals surface area contributed by atoms with Crippen molar-refractivity contribution in [1.82, 2.24) is 4.90 Å². The van der Waals surface area contributed by atoms with E-state index in [-0.39, 0.29) is 17.7 Å². The summed E-state index contributed by atoms with van der Waals surface area (Å²) in [5, 5.41) is 0. The van der Waals surface area contributed by atoms with E-state index in [0.29, 0.717) is 13.0 Å². The number of rotatable bonds is 5. The first kappa shape index (κ1) is 16.0. The molecular weight excluding hydrogens is 278 g/mol. The van der Waals surface area contributed by atoms with Crippen molar-refractivity contribution in [3.63, 3.8) is 0 Å². The van der Waals surface area contributed by atoms with E-state index in [1.54, 1.807) is 0 Å². The fourth-order valence-corrected chi connectivity index (χ4v) is 4.82. The molecule has 3 rings (SSSR count). The minimum Gasteiger partial charge on any atom is -0.465 e. The number of esters is 1. The molecule has 1 aliphatic heterocycles. The predicted molar refractivity (Wildman–Crippen MR) is 84.4 cm³/mol. The van der Waals surface area contributed by atoms with E-state index in [2.05, 4.69) is 4.90 Å². The van der Waals surface area contributed by atoms with Crippen LogP contribution < -0.4 is 0 Å². The van der Waals surface area contributed by atoms with Gasteiger partial charge in [0, 0.05) is 18.4 Å². The Morgan fingerprint density at radius 2 is 2.00 bits per heavy atom. The molecule has 0 radical (unpaired) electrons. The van der Waals surface area contributed by atoms with Gasteiger partial charge in [0.15, 0.2) is 0 Å². The molecule has 124 valence electrons. The van der Waals surface area contributed by atoms with Crippen LogP contribution in [0.2, 0.25) is 0 Å². The Morgan fingerprint density at radius 1 is 1.27 bits per heavy atom. The number of ketones is 1. The zero-order valence-corrected chi connectivity index (χ0v) is 14.0. The highest BCUT2D eigenvalue weighted by Gasteiger charge is 2.68. The monoisotopic (exact) mass is 307 g/mol. The lowest BCUT2D eigenvalue weighted by atomic mass is 9.69. The van der Waals surface area contributed by atoms with Crippen LogP contribution in [0.15, 0.2) is 0 Å². The van der Waals surface area contributed by atoms with Crippen molar-refractivity contribution >= 4 is 11.8 Å². The molecule has 22 heavy (non-hydrogen) atoms. The number of carbonyl (C=O) groups excluding carboxylic acids is 2. The number of hydrogen-bond acceptors (Lipinski definition) is 4. The molecule has 0 aromatic rings. The van der Waals surface area contributed by atoms with Gasteiger partial charge in [-0.15, -0.1) is 0 Å². The van der Waals surface area contributed by atoms with Crippen LogP contribution in [0.4, 0.5) is 0 Å². The molecule has 4 heteroatoms. The second-order valence-corrected chi connectivity index (χ2v) is 7.79. The Hall–Kier alpha value is -0.900. The summed E-state index contributed by atoms with van der Waals surface area (Å²) < 4.78 is 5.60. The zero-order chi connectivity index (χ0) is 15.8. The molecule has 2 bridgehead atoms. The number of piperidine rings is 1. The first-order valence-corrected chi connectivity index (χ1v) is 8.91. The number of carbonyl (C=O) groups is 2. The molecule has 2 saturated carbocycles. The number of Topliss-reactive ketones (excluding diaryl/α,β-unsaturated/α-hetero) is 1. The molecule has 3 fully saturated rings. The SMILES string of the molecule is CC12CCC(CC1=O)C2(C)C(=O)OCCCN1CCCCC1. The summed E-state index contributed by atoms with van der Waals surface area (Å²) in [6.07, 6.45) is 7.22. The maximum atomic E-state index is 12.6. The molecule has 1 heterocycles. The molecule has 0 spiro atoms. The van der Waals surface area contributed by atoms with E-state index in [9.17, 15) is 9.59 Å². The summed E-state index contributed by atoms with van der Waals surface area (Å²) in [7, 11) is 0. The van der Waals surface area contributed by atoms with Gasteiger partial charge in [-0.2, -0.15) is 0 Å².